The van der Waals surface area contributed by atoms with E-state index in [9.17, 15) is 0 Å². The summed E-state index contributed by atoms with van der Waals surface area (Å²) in [4.78, 5) is 2.50. The predicted octanol–water partition coefficient (Wildman–Crippen LogP) is 2.51. The van der Waals surface area contributed by atoms with E-state index >= 15 is 0 Å². The van der Waals surface area contributed by atoms with E-state index in [0.717, 1.165) is 12.6 Å². The maximum atomic E-state index is 8.55. The van der Waals surface area contributed by atoms with Gasteiger partial charge in [0, 0.05) is 19.0 Å². The first-order chi connectivity index (χ1) is 6.88. The lowest BCUT2D eigenvalue weighted by Gasteiger charge is -2.20. The number of nitriles is 1. The van der Waals surface area contributed by atoms with Crippen LogP contribution in [0.2, 0.25) is 0 Å². The molecule has 3 heteroatoms. The molecule has 0 aromatic heterocycles. The standard InChI is InChI=1S/C11H20N2S/c1-2-14-10-4-9-13(8-3-7-12)11-5-6-11/h11H,2-6,8-10H2,1H3. The summed E-state index contributed by atoms with van der Waals surface area (Å²) < 4.78 is 0. The first kappa shape index (κ1) is 11.9. The second-order valence-corrected chi connectivity index (χ2v) is 5.12. The third-order valence-corrected chi connectivity index (χ3v) is 3.50. The summed E-state index contributed by atoms with van der Waals surface area (Å²) in [6, 6.07) is 3.05. The van der Waals surface area contributed by atoms with Crippen LogP contribution in [0.1, 0.15) is 32.6 Å². The molecule has 1 aliphatic rings. The van der Waals surface area contributed by atoms with Crippen LogP contribution in [0.25, 0.3) is 0 Å². The van der Waals surface area contributed by atoms with E-state index in [1.54, 1.807) is 0 Å². The maximum Gasteiger partial charge on any atom is 0.0635 e. The molecule has 0 aromatic carbocycles. The van der Waals surface area contributed by atoms with Crippen molar-refractivity contribution in [2.24, 2.45) is 0 Å². The van der Waals surface area contributed by atoms with Crippen molar-refractivity contribution < 1.29 is 0 Å². The van der Waals surface area contributed by atoms with Gasteiger partial charge in [-0.25, -0.2) is 0 Å². The molecule has 0 atom stereocenters. The zero-order chi connectivity index (χ0) is 10.2. The van der Waals surface area contributed by atoms with E-state index in [2.05, 4.69) is 17.9 Å². The van der Waals surface area contributed by atoms with Gasteiger partial charge >= 0.3 is 0 Å². The summed E-state index contributed by atoms with van der Waals surface area (Å²) in [5.74, 6) is 2.49. The van der Waals surface area contributed by atoms with Crippen molar-refractivity contribution >= 4 is 11.8 Å². The zero-order valence-corrected chi connectivity index (χ0v) is 9.85. The monoisotopic (exact) mass is 212 g/mol. The molecule has 0 amide bonds. The molecule has 0 N–H and O–H groups in total. The summed E-state index contributed by atoms with van der Waals surface area (Å²) in [5, 5.41) is 8.55. The predicted molar refractivity (Wildman–Crippen MR) is 62.4 cm³/mol. The average Bonchev–Trinajstić information content (AvgIpc) is 3.00. The number of hydrogen-bond acceptors (Lipinski definition) is 3. The van der Waals surface area contributed by atoms with Crippen LogP contribution >= 0.6 is 11.8 Å². The van der Waals surface area contributed by atoms with Gasteiger partial charge in [-0.3, -0.25) is 4.90 Å². The SMILES string of the molecule is CCSCCCN(CCC#N)C1CC1. The molecule has 80 valence electrons. The Morgan fingerprint density at radius 3 is 2.79 bits per heavy atom. The molecule has 0 unspecified atom stereocenters. The molecule has 1 saturated carbocycles. The molecule has 0 saturated heterocycles. The van der Waals surface area contributed by atoms with E-state index in [1.807, 2.05) is 11.8 Å². The van der Waals surface area contributed by atoms with E-state index < -0.39 is 0 Å². The van der Waals surface area contributed by atoms with E-state index in [1.165, 1.54) is 37.3 Å². The highest BCUT2D eigenvalue weighted by Gasteiger charge is 2.27. The highest BCUT2D eigenvalue weighted by molar-refractivity contribution is 7.99. The van der Waals surface area contributed by atoms with Gasteiger partial charge < -0.3 is 0 Å². The summed E-state index contributed by atoms with van der Waals surface area (Å²) in [5.41, 5.74) is 0. The lowest BCUT2D eigenvalue weighted by atomic mass is 10.3. The lowest BCUT2D eigenvalue weighted by Crippen LogP contribution is -2.28. The number of thioether (sulfide) groups is 1. The summed E-state index contributed by atoms with van der Waals surface area (Å²) in [6.45, 7) is 4.39. The first-order valence-corrected chi connectivity index (χ1v) is 6.72. The topological polar surface area (TPSA) is 27.0 Å². The molecule has 14 heavy (non-hydrogen) atoms. The summed E-state index contributed by atoms with van der Waals surface area (Å²) in [7, 11) is 0. The Balaban J connectivity index is 2.06. The minimum absolute atomic E-state index is 0.692. The Kier molecular flexibility index (Phi) is 6.05. The van der Waals surface area contributed by atoms with E-state index in [0.29, 0.717) is 6.42 Å². The fourth-order valence-corrected chi connectivity index (χ4v) is 2.25. The first-order valence-electron chi connectivity index (χ1n) is 5.57. The normalized spacial score (nSPS) is 15.8. The fraction of sp³-hybridized carbons (Fsp3) is 0.909. The van der Waals surface area contributed by atoms with Gasteiger partial charge in [-0.15, -0.1) is 0 Å². The molecule has 1 aliphatic carbocycles. The van der Waals surface area contributed by atoms with Gasteiger partial charge in [0.05, 0.1) is 6.07 Å². The van der Waals surface area contributed by atoms with Gasteiger partial charge in [0.15, 0.2) is 0 Å². The molecule has 0 heterocycles. The molecular weight excluding hydrogens is 192 g/mol. The second-order valence-electron chi connectivity index (χ2n) is 3.73. The Labute approximate surface area is 91.7 Å². The zero-order valence-electron chi connectivity index (χ0n) is 9.04. The highest BCUT2D eigenvalue weighted by Crippen LogP contribution is 2.27. The van der Waals surface area contributed by atoms with Gasteiger partial charge in [0.25, 0.3) is 0 Å². The van der Waals surface area contributed by atoms with E-state index in [4.69, 9.17) is 5.26 Å². The smallest absolute Gasteiger partial charge is 0.0635 e. The van der Waals surface area contributed by atoms with Crippen LogP contribution in [0.15, 0.2) is 0 Å². The van der Waals surface area contributed by atoms with Crippen LogP contribution in [0.4, 0.5) is 0 Å². The van der Waals surface area contributed by atoms with E-state index in [-0.39, 0.29) is 0 Å². The van der Waals surface area contributed by atoms with Crippen molar-refractivity contribution in [3.8, 4) is 6.07 Å². The van der Waals surface area contributed by atoms with Crippen molar-refractivity contribution in [1.82, 2.24) is 4.90 Å². The van der Waals surface area contributed by atoms with Crippen molar-refractivity contribution in [2.75, 3.05) is 24.6 Å². The van der Waals surface area contributed by atoms with Gasteiger partial charge in [0.2, 0.25) is 0 Å². The van der Waals surface area contributed by atoms with Crippen molar-refractivity contribution in [3.63, 3.8) is 0 Å². The molecule has 0 aliphatic heterocycles. The molecule has 2 nitrogen and oxygen atoms in total. The molecule has 0 spiro atoms. The molecule has 0 bridgehead atoms. The Morgan fingerprint density at radius 2 is 2.21 bits per heavy atom. The molecule has 1 fully saturated rings. The molecule has 0 aromatic rings. The Hall–Kier alpha value is -0.200. The maximum absolute atomic E-state index is 8.55. The third-order valence-electron chi connectivity index (χ3n) is 2.51. The molecule has 0 radical (unpaired) electrons. The third kappa shape index (κ3) is 4.88. The van der Waals surface area contributed by atoms with Crippen LogP contribution < -0.4 is 0 Å². The van der Waals surface area contributed by atoms with Crippen LogP contribution in [-0.4, -0.2) is 35.5 Å². The number of hydrogen-bond donors (Lipinski definition) is 0. The number of nitrogens with zero attached hydrogens (tertiary/aromatic N) is 2. The largest absolute Gasteiger partial charge is 0.299 e. The average molecular weight is 212 g/mol. The summed E-state index contributed by atoms with van der Waals surface area (Å²) in [6.07, 6.45) is 4.68. The van der Waals surface area contributed by atoms with Gasteiger partial charge in [-0.05, 0) is 37.3 Å². The van der Waals surface area contributed by atoms with Crippen molar-refractivity contribution in [2.45, 2.75) is 38.6 Å². The fourth-order valence-electron chi connectivity index (χ4n) is 1.62. The van der Waals surface area contributed by atoms with Crippen LogP contribution in [0.3, 0.4) is 0 Å². The summed E-state index contributed by atoms with van der Waals surface area (Å²) >= 11 is 2.01. The van der Waals surface area contributed by atoms with Crippen molar-refractivity contribution in [1.29, 1.82) is 5.26 Å². The lowest BCUT2D eigenvalue weighted by molar-refractivity contribution is 0.271. The Bertz CT molecular complexity index is 184. The van der Waals surface area contributed by atoms with Crippen LogP contribution in [0, 0.1) is 11.3 Å². The molecule has 1 rings (SSSR count). The number of rotatable bonds is 8. The highest BCUT2D eigenvalue weighted by atomic mass is 32.2. The van der Waals surface area contributed by atoms with Gasteiger partial charge in [-0.1, -0.05) is 6.92 Å². The second kappa shape index (κ2) is 7.14. The van der Waals surface area contributed by atoms with Crippen molar-refractivity contribution in [3.05, 3.63) is 0 Å². The van der Waals surface area contributed by atoms with Crippen LogP contribution in [0.5, 0.6) is 0 Å². The van der Waals surface area contributed by atoms with Crippen LogP contribution in [-0.2, 0) is 0 Å². The van der Waals surface area contributed by atoms with Gasteiger partial charge in [0.1, 0.15) is 0 Å². The Morgan fingerprint density at radius 1 is 1.43 bits per heavy atom. The minimum Gasteiger partial charge on any atom is -0.299 e. The molecular formula is C11H20N2S. The quantitative estimate of drug-likeness (QED) is 0.578. The van der Waals surface area contributed by atoms with Gasteiger partial charge in [-0.2, -0.15) is 17.0 Å². The minimum atomic E-state index is 0.692.